The van der Waals surface area contributed by atoms with Crippen LogP contribution in [0.4, 0.5) is 0 Å². The predicted molar refractivity (Wildman–Crippen MR) is 55.2 cm³/mol. The summed E-state index contributed by atoms with van der Waals surface area (Å²) in [5, 5.41) is 12.5. The van der Waals surface area contributed by atoms with Crippen LogP contribution in [0.5, 0.6) is 0 Å². The fraction of sp³-hybridized carbons (Fsp3) is 0.600. The fourth-order valence-electron chi connectivity index (χ4n) is 1.91. The Morgan fingerprint density at radius 3 is 3.00 bits per heavy atom. The molecule has 2 rings (SSSR count). The minimum Gasteiger partial charge on any atom is -0.396 e. The second kappa shape index (κ2) is 3.78. The van der Waals surface area contributed by atoms with Crippen molar-refractivity contribution in [2.75, 3.05) is 19.7 Å². The molecule has 1 aromatic rings. The van der Waals surface area contributed by atoms with Gasteiger partial charge in [-0.1, -0.05) is 0 Å². The monoisotopic (exact) mass is 197 g/mol. The van der Waals surface area contributed by atoms with E-state index in [0.717, 1.165) is 13.1 Å². The van der Waals surface area contributed by atoms with Gasteiger partial charge in [0.1, 0.15) is 0 Å². The SMILES string of the molecule is Cc1ccc([C@@H]2CNC[C@@H]2CO)s1. The minimum atomic E-state index is 0.300. The van der Waals surface area contributed by atoms with Crippen LogP contribution >= 0.6 is 11.3 Å². The van der Waals surface area contributed by atoms with E-state index >= 15 is 0 Å². The van der Waals surface area contributed by atoms with Gasteiger partial charge in [-0.2, -0.15) is 0 Å². The van der Waals surface area contributed by atoms with Crippen molar-refractivity contribution >= 4 is 11.3 Å². The Balaban J connectivity index is 2.15. The summed E-state index contributed by atoms with van der Waals surface area (Å²) in [7, 11) is 0. The highest BCUT2D eigenvalue weighted by Gasteiger charge is 2.28. The first-order valence-electron chi connectivity index (χ1n) is 4.69. The van der Waals surface area contributed by atoms with E-state index in [0.29, 0.717) is 18.4 Å². The van der Waals surface area contributed by atoms with Gasteiger partial charge in [0, 0.05) is 41.3 Å². The van der Waals surface area contributed by atoms with Crippen LogP contribution in [0.2, 0.25) is 0 Å². The van der Waals surface area contributed by atoms with Crippen molar-refractivity contribution in [2.24, 2.45) is 5.92 Å². The molecule has 2 heterocycles. The van der Waals surface area contributed by atoms with E-state index in [1.54, 1.807) is 0 Å². The predicted octanol–water partition coefficient (Wildman–Crippen LogP) is 1.35. The fourth-order valence-corrected chi connectivity index (χ4v) is 2.98. The Hall–Kier alpha value is -0.380. The first kappa shape index (κ1) is 9.19. The molecular formula is C10H15NOS. The maximum atomic E-state index is 9.17. The lowest BCUT2D eigenvalue weighted by atomic mass is 9.95. The standard InChI is InChI=1S/C10H15NOS/c1-7-2-3-10(13-7)9-5-11-4-8(9)6-12/h2-3,8-9,11-12H,4-6H2,1H3/t8-,9-/m1/s1. The Bertz CT molecular complexity index is 284. The number of thiophene rings is 1. The summed E-state index contributed by atoms with van der Waals surface area (Å²) in [5.41, 5.74) is 0. The topological polar surface area (TPSA) is 32.3 Å². The Morgan fingerprint density at radius 2 is 2.38 bits per heavy atom. The van der Waals surface area contributed by atoms with Gasteiger partial charge in [0.15, 0.2) is 0 Å². The second-order valence-corrected chi connectivity index (χ2v) is 4.98. The molecule has 0 amide bonds. The van der Waals surface area contributed by atoms with Crippen molar-refractivity contribution < 1.29 is 5.11 Å². The summed E-state index contributed by atoms with van der Waals surface area (Å²) in [5.74, 6) is 0.946. The highest BCUT2D eigenvalue weighted by molar-refractivity contribution is 7.12. The van der Waals surface area contributed by atoms with Crippen LogP contribution in [0.1, 0.15) is 15.7 Å². The summed E-state index contributed by atoms with van der Waals surface area (Å²) in [6.45, 7) is 4.41. The molecule has 13 heavy (non-hydrogen) atoms. The summed E-state index contributed by atoms with van der Waals surface area (Å²) in [6, 6.07) is 4.35. The van der Waals surface area contributed by atoms with E-state index < -0.39 is 0 Å². The second-order valence-electron chi connectivity index (χ2n) is 3.66. The van der Waals surface area contributed by atoms with Crippen LogP contribution in [0.3, 0.4) is 0 Å². The van der Waals surface area contributed by atoms with Gasteiger partial charge in [0.05, 0.1) is 0 Å². The van der Waals surface area contributed by atoms with Gasteiger partial charge in [0.2, 0.25) is 0 Å². The van der Waals surface area contributed by atoms with E-state index in [9.17, 15) is 0 Å². The molecule has 1 aromatic heterocycles. The van der Waals surface area contributed by atoms with E-state index in [-0.39, 0.29) is 0 Å². The Labute approximate surface area is 82.6 Å². The van der Waals surface area contributed by atoms with Gasteiger partial charge < -0.3 is 10.4 Å². The average Bonchev–Trinajstić information content (AvgIpc) is 2.71. The average molecular weight is 197 g/mol. The zero-order valence-electron chi connectivity index (χ0n) is 7.79. The summed E-state index contributed by atoms with van der Waals surface area (Å²) in [4.78, 5) is 2.78. The molecule has 0 unspecified atom stereocenters. The zero-order chi connectivity index (χ0) is 9.26. The zero-order valence-corrected chi connectivity index (χ0v) is 8.60. The smallest absolute Gasteiger partial charge is 0.0478 e. The molecule has 2 nitrogen and oxygen atoms in total. The molecule has 0 bridgehead atoms. The highest BCUT2D eigenvalue weighted by atomic mass is 32.1. The third-order valence-electron chi connectivity index (χ3n) is 2.70. The van der Waals surface area contributed by atoms with Crippen LogP contribution in [-0.4, -0.2) is 24.8 Å². The summed E-state index contributed by atoms with van der Waals surface area (Å²) in [6.07, 6.45) is 0. The lowest BCUT2D eigenvalue weighted by Gasteiger charge is -2.13. The maximum absolute atomic E-state index is 9.17. The van der Waals surface area contributed by atoms with E-state index in [2.05, 4.69) is 24.4 Å². The molecule has 0 aliphatic carbocycles. The molecule has 3 heteroatoms. The molecule has 1 saturated heterocycles. The van der Waals surface area contributed by atoms with Crippen LogP contribution in [-0.2, 0) is 0 Å². The van der Waals surface area contributed by atoms with Crippen LogP contribution in [0.15, 0.2) is 12.1 Å². The first-order chi connectivity index (χ1) is 6.31. The number of aliphatic hydroxyl groups is 1. The molecule has 0 saturated carbocycles. The van der Waals surface area contributed by atoms with Crippen molar-refractivity contribution in [2.45, 2.75) is 12.8 Å². The molecule has 1 aliphatic rings. The van der Waals surface area contributed by atoms with Crippen LogP contribution < -0.4 is 5.32 Å². The molecule has 2 atom stereocenters. The number of aliphatic hydroxyl groups excluding tert-OH is 1. The molecule has 1 aliphatic heterocycles. The van der Waals surface area contributed by atoms with E-state index in [4.69, 9.17) is 5.11 Å². The maximum Gasteiger partial charge on any atom is 0.0478 e. The van der Waals surface area contributed by atoms with Crippen molar-refractivity contribution in [1.29, 1.82) is 0 Å². The van der Waals surface area contributed by atoms with Gasteiger partial charge in [-0.05, 0) is 19.1 Å². The van der Waals surface area contributed by atoms with E-state index in [1.165, 1.54) is 9.75 Å². The molecule has 0 aromatic carbocycles. The molecule has 2 N–H and O–H groups in total. The lowest BCUT2D eigenvalue weighted by molar-refractivity contribution is 0.227. The highest BCUT2D eigenvalue weighted by Crippen LogP contribution is 2.32. The summed E-state index contributed by atoms with van der Waals surface area (Å²) >= 11 is 1.85. The lowest BCUT2D eigenvalue weighted by Crippen LogP contribution is -2.14. The third-order valence-corrected chi connectivity index (χ3v) is 3.83. The van der Waals surface area contributed by atoms with Crippen molar-refractivity contribution in [3.63, 3.8) is 0 Å². The van der Waals surface area contributed by atoms with Crippen molar-refractivity contribution in [1.82, 2.24) is 5.32 Å². The number of aryl methyl sites for hydroxylation is 1. The normalized spacial score (nSPS) is 28.2. The van der Waals surface area contributed by atoms with Gasteiger partial charge in [-0.25, -0.2) is 0 Å². The van der Waals surface area contributed by atoms with Crippen LogP contribution in [0, 0.1) is 12.8 Å². The molecule has 1 fully saturated rings. The van der Waals surface area contributed by atoms with Gasteiger partial charge in [0.25, 0.3) is 0 Å². The van der Waals surface area contributed by atoms with Crippen molar-refractivity contribution in [3.8, 4) is 0 Å². The Kier molecular flexibility index (Phi) is 2.67. The van der Waals surface area contributed by atoms with Crippen LogP contribution in [0.25, 0.3) is 0 Å². The van der Waals surface area contributed by atoms with Crippen molar-refractivity contribution in [3.05, 3.63) is 21.9 Å². The van der Waals surface area contributed by atoms with Gasteiger partial charge in [-0.15, -0.1) is 11.3 Å². The third kappa shape index (κ3) is 1.77. The number of nitrogens with one attached hydrogen (secondary N) is 1. The number of hydrogen-bond donors (Lipinski definition) is 2. The number of rotatable bonds is 2. The largest absolute Gasteiger partial charge is 0.396 e. The first-order valence-corrected chi connectivity index (χ1v) is 5.51. The molecule has 0 radical (unpaired) electrons. The molecule has 0 spiro atoms. The Morgan fingerprint density at radius 1 is 1.54 bits per heavy atom. The number of hydrogen-bond acceptors (Lipinski definition) is 3. The quantitative estimate of drug-likeness (QED) is 0.750. The van der Waals surface area contributed by atoms with Gasteiger partial charge >= 0.3 is 0 Å². The van der Waals surface area contributed by atoms with E-state index in [1.807, 2.05) is 11.3 Å². The minimum absolute atomic E-state index is 0.300. The molecule has 72 valence electrons. The molecular weight excluding hydrogens is 182 g/mol. The van der Waals surface area contributed by atoms with Gasteiger partial charge in [-0.3, -0.25) is 0 Å². The summed E-state index contributed by atoms with van der Waals surface area (Å²) < 4.78 is 0.